The number of hydrogen-bond acceptors (Lipinski definition) is 2. The third-order valence-corrected chi connectivity index (χ3v) is 3.41. The maximum atomic E-state index is 11.7. The molecule has 0 saturated carbocycles. The van der Waals surface area contributed by atoms with Crippen molar-refractivity contribution in [3.63, 3.8) is 0 Å². The zero-order valence-electron chi connectivity index (χ0n) is 13.1. The first-order chi connectivity index (χ1) is 9.90. The summed E-state index contributed by atoms with van der Waals surface area (Å²) in [5.41, 5.74) is 2.00. The van der Waals surface area contributed by atoms with Gasteiger partial charge in [-0.25, -0.2) is 0 Å². The molecule has 0 heterocycles. The van der Waals surface area contributed by atoms with E-state index >= 15 is 0 Å². The molecule has 0 saturated heterocycles. The Morgan fingerprint density at radius 2 is 1.62 bits per heavy atom. The van der Waals surface area contributed by atoms with Crippen LogP contribution in [0.4, 0.5) is 0 Å². The highest BCUT2D eigenvalue weighted by molar-refractivity contribution is 5.96. The van der Waals surface area contributed by atoms with Crippen LogP contribution in [-0.4, -0.2) is 5.78 Å². The highest BCUT2D eigenvalue weighted by atomic mass is 16.5. The van der Waals surface area contributed by atoms with Gasteiger partial charge >= 0.3 is 0 Å². The number of rotatable bonds is 4. The fourth-order valence-corrected chi connectivity index (χ4v) is 2.10. The van der Waals surface area contributed by atoms with E-state index < -0.39 is 0 Å². The lowest BCUT2D eigenvalue weighted by Crippen LogP contribution is -2.10. The molecule has 0 bridgehead atoms. The molecule has 0 N–H and O–H groups in total. The SMILES string of the molecule is CCC(=O)c1cccc(Oc2cccc(C(C)(C)C)c2)c1. The van der Waals surface area contributed by atoms with Crippen molar-refractivity contribution in [2.75, 3.05) is 0 Å². The summed E-state index contributed by atoms with van der Waals surface area (Å²) >= 11 is 0. The maximum absolute atomic E-state index is 11.7. The Balaban J connectivity index is 2.24. The highest BCUT2D eigenvalue weighted by Gasteiger charge is 2.14. The van der Waals surface area contributed by atoms with Crippen molar-refractivity contribution < 1.29 is 9.53 Å². The quantitative estimate of drug-likeness (QED) is 0.705. The molecule has 0 amide bonds. The van der Waals surface area contributed by atoms with Gasteiger partial charge in [-0.15, -0.1) is 0 Å². The van der Waals surface area contributed by atoms with Crippen molar-refractivity contribution in [2.24, 2.45) is 0 Å². The second-order valence-electron chi connectivity index (χ2n) is 6.18. The number of Topliss-reactive ketones (excluding diaryl/α,β-unsaturated/α-hetero) is 1. The van der Waals surface area contributed by atoms with E-state index in [0.29, 0.717) is 17.7 Å². The Morgan fingerprint density at radius 3 is 2.24 bits per heavy atom. The van der Waals surface area contributed by atoms with Crippen LogP contribution in [0.5, 0.6) is 11.5 Å². The van der Waals surface area contributed by atoms with Crippen molar-refractivity contribution in [1.82, 2.24) is 0 Å². The van der Waals surface area contributed by atoms with Crippen LogP contribution in [0, 0.1) is 0 Å². The topological polar surface area (TPSA) is 26.3 Å². The molecule has 2 nitrogen and oxygen atoms in total. The summed E-state index contributed by atoms with van der Waals surface area (Å²) < 4.78 is 5.90. The van der Waals surface area contributed by atoms with E-state index in [9.17, 15) is 4.79 Å². The second-order valence-corrected chi connectivity index (χ2v) is 6.18. The molecule has 0 atom stereocenters. The van der Waals surface area contributed by atoms with Gasteiger partial charge in [0.15, 0.2) is 5.78 Å². The summed E-state index contributed by atoms with van der Waals surface area (Å²) in [6.45, 7) is 8.38. The van der Waals surface area contributed by atoms with Crippen LogP contribution in [0.3, 0.4) is 0 Å². The van der Waals surface area contributed by atoms with Crippen LogP contribution < -0.4 is 4.74 Å². The molecule has 2 aromatic rings. The summed E-state index contributed by atoms with van der Waals surface area (Å²) in [5.74, 6) is 1.62. The van der Waals surface area contributed by atoms with Gasteiger partial charge in [0.1, 0.15) is 11.5 Å². The molecule has 2 rings (SSSR count). The van der Waals surface area contributed by atoms with Gasteiger partial charge in [-0.2, -0.15) is 0 Å². The van der Waals surface area contributed by atoms with E-state index in [1.165, 1.54) is 5.56 Å². The van der Waals surface area contributed by atoms with Gasteiger partial charge in [0, 0.05) is 12.0 Å². The van der Waals surface area contributed by atoms with Crippen LogP contribution in [0.2, 0.25) is 0 Å². The first-order valence-electron chi connectivity index (χ1n) is 7.32. The molecule has 0 aliphatic carbocycles. The summed E-state index contributed by atoms with van der Waals surface area (Å²) in [5, 5.41) is 0. The summed E-state index contributed by atoms with van der Waals surface area (Å²) in [4.78, 5) is 11.7. The predicted octanol–water partition coefficient (Wildman–Crippen LogP) is 5.37. The predicted molar refractivity (Wildman–Crippen MR) is 86.3 cm³/mol. The molecular weight excluding hydrogens is 260 g/mol. The molecule has 0 radical (unpaired) electrons. The van der Waals surface area contributed by atoms with E-state index in [1.54, 1.807) is 6.07 Å². The number of ether oxygens (including phenoxy) is 1. The van der Waals surface area contributed by atoms with Gasteiger partial charge in [-0.05, 0) is 35.2 Å². The van der Waals surface area contributed by atoms with Crippen molar-refractivity contribution in [3.8, 4) is 11.5 Å². The van der Waals surface area contributed by atoms with Gasteiger partial charge in [0.25, 0.3) is 0 Å². The highest BCUT2D eigenvalue weighted by Crippen LogP contribution is 2.28. The normalized spacial score (nSPS) is 11.2. The minimum absolute atomic E-state index is 0.0827. The molecule has 0 aliphatic rings. The average Bonchev–Trinajstić information content (AvgIpc) is 2.46. The molecule has 0 aliphatic heterocycles. The molecular formula is C19H22O2. The van der Waals surface area contributed by atoms with Gasteiger partial charge in [0.05, 0.1) is 0 Å². The number of carbonyl (C=O) groups is 1. The Bertz CT molecular complexity index is 636. The van der Waals surface area contributed by atoms with E-state index in [4.69, 9.17) is 4.74 Å². The van der Waals surface area contributed by atoms with Crippen LogP contribution >= 0.6 is 0 Å². The minimum atomic E-state index is 0.0827. The van der Waals surface area contributed by atoms with Crippen molar-refractivity contribution in [1.29, 1.82) is 0 Å². The molecule has 0 fully saturated rings. The number of carbonyl (C=O) groups excluding carboxylic acids is 1. The minimum Gasteiger partial charge on any atom is -0.457 e. The molecule has 0 unspecified atom stereocenters. The fourth-order valence-electron chi connectivity index (χ4n) is 2.10. The molecule has 110 valence electrons. The maximum Gasteiger partial charge on any atom is 0.162 e. The molecule has 2 aromatic carbocycles. The van der Waals surface area contributed by atoms with Gasteiger partial charge in [-0.1, -0.05) is 52.0 Å². The Morgan fingerprint density at radius 1 is 1.00 bits per heavy atom. The Hall–Kier alpha value is -2.09. The third-order valence-electron chi connectivity index (χ3n) is 3.41. The number of hydrogen-bond donors (Lipinski definition) is 0. The Labute approximate surface area is 126 Å². The first kappa shape index (κ1) is 15.3. The van der Waals surface area contributed by atoms with Crippen molar-refractivity contribution in [2.45, 2.75) is 39.5 Å². The molecule has 0 aromatic heterocycles. The van der Waals surface area contributed by atoms with E-state index in [0.717, 1.165) is 5.75 Å². The summed E-state index contributed by atoms with van der Waals surface area (Å²) in [7, 11) is 0. The van der Waals surface area contributed by atoms with E-state index in [1.807, 2.05) is 43.3 Å². The summed E-state index contributed by atoms with van der Waals surface area (Å²) in [6.07, 6.45) is 0.503. The number of benzene rings is 2. The second kappa shape index (κ2) is 6.13. The van der Waals surface area contributed by atoms with Gasteiger partial charge < -0.3 is 4.74 Å². The van der Waals surface area contributed by atoms with Crippen molar-refractivity contribution >= 4 is 5.78 Å². The first-order valence-corrected chi connectivity index (χ1v) is 7.32. The van der Waals surface area contributed by atoms with Crippen molar-refractivity contribution in [3.05, 3.63) is 59.7 Å². The lowest BCUT2D eigenvalue weighted by Gasteiger charge is -2.19. The van der Waals surface area contributed by atoms with Crippen LogP contribution in [-0.2, 0) is 5.41 Å². The largest absolute Gasteiger partial charge is 0.457 e. The number of ketones is 1. The monoisotopic (exact) mass is 282 g/mol. The van der Waals surface area contributed by atoms with Gasteiger partial charge in [0.2, 0.25) is 0 Å². The van der Waals surface area contributed by atoms with Gasteiger partial charge in [-0.3, -0.25) is 4.79 Å². The van der Waals surface area contributed by atoms with E-state index in [-0.39, 0.29) is 11.2 Å². The smallest absolute Gasteiger partial charge is 0.162 e. The third kappa shape index (κ3) is 3.94. The van der Waals surface area contributed by atoms with Crippen LogP contribution in [0.25, 0.3) is 0 Å². The summed E-state index contributed by atoms with van der Waals surface area (Å²) in [6, 6.07) is 15.4. The van der Waals surface area contributed by atoms with Crippen LogP contribution in [0.15, 0.2) is 48.5 Å². The molecule has 2 heteroatoms. The lowest BCUT2D eigenvalue weighted by molar-refractivity contribution is 0.0988. The Kier molecular flexibility index (Phi) is 4.46. The van der Waals surface area contributed by atoms with E-state index in [2.05, 4.69) is 26.8 Å². The molecule has 21 heavy (non-hydrogen) atoms. The standard InChI is InChI=1S/C19H22O2/c1-5-18(20)14-8-6-10-16(12-14)21-17-11-7-9-15(13-17)19(2,3)4/h6-13H,5H2,1-4H3. The molecule has 0 spiro atoms. The fraction of sp³-hybridized carbons (Fsp3) is 0.316. The average molecular weight is 282 g/mol. The lowest BCUT2D eigenvalue weighted by atomic mass is 9.87. The zero-order valence-corrected chi connectivity index (χ0v) is 13.1. The zero-order chi connectivity index (χ0) is 15.5. The van der Waals surface area contributed by atoms with Crippen LogP contribution in [0.1, 0.15) is 50.0 Å².